The lowest BCUT2D eigenvalue weighted by molar-refractivity contribution is 0.101. The molecule has 0 saturated carbocycles. The number of rotatable bonds is 15. The average Bonchev–Trinajstić information content (AvgIpc) is 3.02. The molecule has 0 aliphatic carbocycles. The van der Waals surface area contributed by atoms with Gasteiger partial charge in [-0.1, -0.05) is 88.8 Å². The summed E-state index contributed by atoms with van der Waals surface area (Å²) < 4.78 is 0. The lowest BCUT2D eigenvalue weighted by Gasteiger charge is -2.09. The number of benzene rings is 2. The van der Waals surface area contributed by atoms with Crippen LogP contribution in [0.5, 0.6) is 0 Å². The van der Waals surface area contributed by atoms with Gasteiger partial charge in [-0.3, -0.25) is 9.59 Å². The van der Waals surface area contributed by atoms with Crippen LogP contribution in [0.2, 0.25) is 0 Å². The minimum Gasteiger partial charge on any atom is -0.307 e. The standard InChI is InChI=1S/C36H42N4O2/c1-3-5-7-9-13-27-19-23-29(24-20-27)35(41)39-33-17-11-15-31(37-33)32-16-12-18-34(38-32)40-36(42)30-25-21-28(22-26-30)14-10-8-6-4-2/h11-12,15-26H,3-10,13-14H2,1-2H3,(H,37,39,41)(H,38,40,42). The zero-order chi connectivity index (χ0) is 29.6. The van der Waals surface area contributed by atoms with Crippen molar-refractivity contribution < 1.29 is 9.59 Å². The number of aromatic nitrogens is 2. The fraction of sp³-hybridized carbons (Fsp3) is 0.333. The maximum Gasteiger partial charge on any atom is 0.256 e. The third-order valence-electron chi connectivity index (χ3n) is 7.31. The number of aryl methyl sites for hydroxylation is 2. The molecule has 4 aromatic rings. The van der Waals surface area contributed by atoms with Gasteiger partial charge in [-0.2, -0.15) is 0 Å². The van der Waals surface area contributed by atoms with Gasteiger partial charge in [0.15, 0.2) is 0 Å². The van der Waals surface area contributed by atoms with Gasteiger partial charge in [-0.25, -0.2) is 9.97 Å². The number of amides is 2. The van der Waals surface area contributed by atoms with E-state index in [1.165, 1.54) is 62.5 Å². The second-order valence-electron chi connectivity index (χ2n) is 10.7. The molecule has 0 atom stereocenters. The molecule has 0 spiro atoms. The lowest BCUT2D eigenvalue weighted by Crippen LogP contribution is -2.14. The van der Waals surface area contributed by atoms with Crippen LogP contribution in [0.1, 0.15) is 97.1 Å². The molecule has 0 aliphatic rings. The number of nitrogens with one attached hydrogen (secondary N) is 2. The molecule has 6 heteroatoms. The average molecular weight is 563 g/mol. The molecule has 0 unspecified atom stereocenters. The van der Waals surface area contributed by atoms with Gasteiger partial charge < -0.3 is 10.6 Å². The van der Waals surface area contributed by atoms with E-state index in [0.717, 1.165) is 12.8 Å². The molecule has 0 fully saturated rings. The van der Waals surface area contributed by atoms with Crippen LogP contribution in [0, 0.1) is 0 Å². The molecule has 2 aromatic heterocycles. The van der Waals surface area contributed by atoms with E-state index in [9.17, 15) is 9.59 Å². The fourth-order valence-electron chi connectivity index (χ4n) is 4.83. The summed E-state index contributed by atoms with van der Waals surface area (Å²) in [6.07, 6.45) is 11.8. The maximum atomic E-state index is 12.9. The van der Waals surface area contributed by atoms with Crippen molar-refractivity contribution in [1.29, 1.82) is 0 Å². The number of anilines is 2. The molecule has 6 nitrogen and oxygen atoms in total. The van der Waals surface area contributed by atoms with Gasteiger partial charge in [-0.15, -0.1) is 0 Å². The molecule has 2 amide bonds. The Bertz CT molecular complexity index is 1320. The molecule has 0 bridgehead atoms. The number of hydrogen-bond acceptors (Lipinski definition) is 4. The van der Waals surface area contributed by atoms with Crippen LogP contribution in [0.25, 0.3) is 11.4 Å². The molecule has 4 rings (SSSR count). The Morgan fingerprint density at radius 2 is 0.929 bits per heavy atom. The first-order chi connectivity index (χ1) is 20.6. The first-order valence-corrected chi connectivity index (χ1v) is 15.3. The van der Waals surface area contributed by atoms with Gasteiger partial charge in [0.25, 0.3) is 11.8 Å². The SMILES string of the molecule is CCCCCCc1ccc(C(=O)Nc2cccc(-c3cccc(NC(=O)c4ccc(CCCCCC)cc4)n3)n2)cc1. The molecule has 0 radical (unpaired) electrons. The molecule has 2 heterocycles. The van der Waals surface area contributed by atoms with Gasteiger partial charge in [0, 0.05) is 11.1 Å². The summed E-state index contributed by atoms with van der Waals surface area (Å²) in [7, 11) is 0. The summed E-state index contributed by atoms with van der Waals surface area (Å²) in [5.41, 5.74) is 4.86. The number of pyridine rings is 2. The highest BCUT2D eigenvalue weighted by Gasteiger charge is 2.11. The molecule has 42 heavy (non-hydrogen) atoms. The van der Waals surface area contributed by atoms with Crippen molar-refractivity contribution in [2.75, 3.05) is 10.6 Å². The smallest absolute Gasteiger partial charge is 0.256 e. The monoisotopic (exact) mass is 562 g/mol. The molecule has 2 aromatic carbocycles. The minimum absolute atomic E-state index is 0.210. The van der Waals surface area contributed by atoms with Crippen molar-refractivity contribution >= 4 is 23.5 Å². The molecule has 218 valence electrons. The van der Waals surface area contributed by atoms with E-state index in [0.29, 0.717) is 34.2 Å². The van der Waals surface area contributed by atoms with E-state index < -0.39 is 0 Å². The highest BCUT2D eigenvalue weighted by molar-refractivity contribution is 6.04. The van der Waals surface area contributed by atoms with Gasteiger partial charge in [-0.05, 0) is 85.3 Å². The Morgan fingerprint density at radius 3 is 1.31 bits per heavy atom. The second-order valence-corrected chi connectivity index (χ2v) is 10.7. The van der Waals surface area contributed by atoms with Gasteiger partial charge in [0.05, 0.1) is 11.4 Å². The summed E-state index contributed by atoms with van der Waals surface area (Å²) in [6.45, 7) is 4.42. The molecule has 0 aliphatic heterocycles. The molecular weight excluding hydrogens is 520 g/mol. The zero-order valence-electron chi connectivity index (χ0n) is 24.9. The summed E-state index contributed by atoms with van der Waals surface area (Å²) >= 11 is 0. The summed E-state index contributed by atoms with van der Waals surface area (Å²) in [5, 5.41) is 5.78. The van der Waals surface area contributed by atoms with Crippen LogP contribution in [-0.2, 0) is 12.8 Å². The molecule has 0 saturated heterocycles. The maximum absolute atomic E-state index is 12.9. The minimum atomic E-state index is -0.210. The quantitative estimate of drug-likeness (QED) is 0.142. The van der Waals surface area contributed by atoms with Crippen LogP contribution in [0.4, 0.5) is 11.6 Å². The third kappa shape index (κ3) is 9.37. The van der Waals surface area contributed by atoms with Gasteiger partial charge >= 0.3 is 0 Å². The van der Waals surface area contributed by atoms with E-state index in [1.807, 2.05) is 72.8 Å². The highest BCUT2D eigenvalue weighted by atomic mass is 16.2. The zero-order valence-corrected chi connectivity index (χ0v) is 24.9. The number of hydrogen-bond donors (Lipinski definition) is 2. The van der Waals surface area contributed by atoms with Crippen molar-refractivity contribution in [3.63, 3.8) is 0 Å². The predicted octanol–water partition coefficient (Wildman–Crippen LogP) is 8.89. The Hall–Kier alpha value is -4.32. The van der Waals surface area contributed by atoms with Gasteiger partial charge in [0.2, 0.25) is 0 Å². The number of carbonyl (C=O) groups excluding carboxylic acids is 2. The van der Waals surface area contributed by atoms with Crippen molar-refractivity contribution in [1.82, 2.24) is 9.97 Å². The van der Waals surface area contributed by atoms with Gasteiger partial charge in [0.1, 0.15) is 11.6 Å². The first-order valence-electron chi connectivity index (χ1n) is 15.3. The molecular formula is C36H42N4O2. The largest absolute Gasteiger partial charge is 0.307 e. The molecule has 2 N–H and O–H groups in total. The van der Waals surface area contributed by atoms with Crippen molar-refractivity contribution in [2.45, 2.75) is 78.1 Å². The second kappa shape index (κ2) is 16.2. The van der Waals surface area contributed by atoms with Crippen LogP contribution in [0.3, 0.4) is 0 Å². The lowest BCUT2D eigenvalue weighted by atomic mass is 10.0. The van der Waals surface area contributed by atoms with E-state index in [4.69, 9.17) is 0 Å². The Morgan fingerprint density at radius 1 is 0.524 bits per heavy atom. The third-order valence-corrected chi connectivity index (χ3v) is 7.31. The topological polar surface area (TPSA) is 84.0 Å². The Kier molecular flexibility index (Phi) is 11.8. The van der Waals surface area contributed by atoms with Crippen molar-refractivity contribution in [3.05, 3.63) is 107 Å². The first kappa shape index (κ1) is 30.6. The number of unbranched alkanes of at least 4 members (excludes halogenated alkanes) is 6. The van der Waals surface area contributed by atoms with E-state index in [2.05, 4.69) is 34.4 Å². The number of nitrogens with zero attached hydrogens (tertiary/aromatic N) is 2. The van der Waals surface area contributed by atoms with Crippen LogP contribution in [-0.4, -0.2) is 21.8 Å². The van der Waals surface area contributed by atoms with E-state index in [1.54, 1.807) is 12.1 Å². The normalized spacial score (nSPS) is 10.8. The summed E-state index contributed by atoms with van der Waals surface area (Å²) in [5.74, 6) is 0.454. The summed E-state index contributed by atoms with van der Waals surface area (Å²) in [6, 6.07) is 26.4. The Labute approximate surface area is 250 Å². The highest BCUT2D eigenvalue weighted by Crippen LogP contribution is 2.20. The summed E-state index contributed by atoms with van der Waals surface area (Å²) in [4.78, 5) is 34.9. The van der Waals surface area contributed by atoms with E-state index in [-0.39, 0.29) is 11.8 Å². The predicted molar refractivity (Wildman–Crippen MR) is 172 cm³/mol. The van der Waals surface area contributed by atoms with Crippen LogP contribution >= 0.6 is 0 Å². The fourth-order valence-corrected chi connectivity index (χ4v) is 4.83. The Balaban J connectivity index is 1.35. The van der Waals surface area contributed by atoms with Crippen molar-refractivity contribution in [3.8, 4) is 11.4 Å². The van der Waals surface area contributed by atoms with E-state index >= 15 is 0 Å². The van der Waals surface area contributed by atoms with Crippen LogP contribution < -0.4 is 10.6 Å². The van der Waals surface area contributed by atoms with Crippen molar-refractivity contribution in [2.24, 2.45) is 0 Å². The number of carbonyl (C=O) groups is 2. The van der Waals surface area contributed by atoms with Crippen LogP contribution in [0.15, 0.2) is 84.9 Å².